The van der Waals surface area contributed by atoms with Crippen molar-refractivity contribution >= 4 is 16.0 Å². The van der Waals surface area contributed by atoms with Crippen molar-refractivity contribution in [2.24, 2.45) is 0 Å². The standard InChI is InChI=1S/C22H20F4N4O4S/c1-13(2)30(35(33,34)17-6-4-15(23)5-7-17)19(21(31)32)10-16-9-18(29-12-28-16)14-3-8-20(27-11-14)22(24,25)26/h3-9,11-13,19H,10H2,1-2H3,(H,31,32). The zero-order chi connectivity index (χ0) is 26.0. The Morgan fingerprint density at radius 1 is 1.06 bits per heavy atom. The van der Waals surface area contributed by atoms with Crippen LogP contribution in [0.2, 0.25) is 0 Å². The average Bonchev–Trinajstić information content (AvgIpc) is 2.78. The van der Waals surface area contributed by atoms with Gasteiger partial charge in [-0.25, -0.2) is 22.8 Å². The molecule has 35 heavy (non-hydrogen) atoms. The molecule has 1 atom stereocenters. The van der Waals surface area contributed by atoms with Gasteiger partial charge in [0.15, 0.2) is 0 Å². The van der Waals surface area contributed by atoms with E-state index >= 15 is 0 Å². The highest BCUT2D eigenvalue weighted by molar-refractivity contribution is 7.89. The second kappa shape index (κ2) is 10.0. The van der Waals surface area contributed by atoms with Gasteiger partial charge in [-0.1, -0.05) is 0 Å². The molecule has 0 aliphatic carbocycles. The first-order valence-corrected chi connectivity index (χ1v) is 11.6. The van der Waals surface area contributed by atoms with Crippen molar-refractivity contribution in [2.45, 2.75) is 43.4 Å². The molecule has 1 aromatic carbocycles. The number of halogens is 4. The predicted molar refractivity (Wildman–Crippen MR) is 116 cm³/mol. The van der Waals surface area contributed by atoms with Crippen LogP contribution in [0.25, 0.3) is 11.3 Å². The van der Waals surface area contributed by atoms with E-state index in [4.69, 9.17) is 0 Å². The van der Waals surface area contributed by atoms with Gasteiger partial charge in [-0.2, -0.15) is 17.5 Å². The van der Waals surface area contributed by atoms with E-state index in [0.717, 1.165) is 53.2 Å². The van der Waals surface area contributed by atoms with Crippen molar-refractivity contribution in [3.05, 3.63) is 72.2 Å². The molecule has 2 aromatic heterocycles. The van der Waals surface area contributed by atoms with Crippen LogP contribution in [0, 0.1) is 5.82 Å². The van der Waals surface area contributed by atoms with E-state index in [0.29, 0.717) is 0 Å². The molecule has 3 rings (SSSR count). The zero-order valence-electron chi connectivity index (χ0n) is 18.4. The Kier molecular flexibility index (Phi) is 7.50. The summed E-state index contributed by atoms with van der Waals surface area (Å²) >= 11 is 0. The summed E-state index contributed by atoms with van der Waals surface area (Å²) in [5.41, 5.74) is -0.534. The Balaban J connectivity index is 1.95. The van der Waals surface area contributed by atoms with Crippen LogP contribution < -0.4 is 0 Å². The van der Waals surface area contributed by atoms with E-state index in [1.54, 1.807) is 0 Å². The van der Waals surface area contributed by atoms with Crippen molar-refractivity contribution < 1.29 is 35.9 Å². The van der Waals surface area contributed by atoms with Crippen LogP contribution in [0.4, 0.5) is 17.6 Å². The number of hydrogen-bond acceptors (Lipinski definition) is 6. The Labute approximate surface area is 198 Å². The normalized spacial score (nSPS) is 13.3. The molecule has 1 unspecified atom stereocenters. The van der Waals surface area contributed by atoms with Crippen molar-refractivity contribution in [2.75, 3.05) is 0 Å². The number of aliphatic carboxylic acids is 1. The van der Waals surface area contributed by atoms with Crippen LogP contribution >= 0.6 is 0 Å². The number of pyridine rings is 1. The first kappa shape index (κ1) is 26.2. The minimum Gasteiger partial charge on any atom is -0.480 e. The van der Waals surface area contributed by atoms with Crippen LogP contribution in [-0.2, 0) is 27.4 Å². The summed E-state index contributed by atoms with van der Waals surface area (Å²) in [5.74, 6) is -2.10. The molecule has 13 heteroatoms. The lowest BCUT2D eigenvalue weighted by Crippen LogP contribution is -2.50. The highest BCUT2D eigenvalue weighted by Crippen LogP contribution is 2.29. The Bertz CT molecular complexity index is 1300. The topological polar surface area (TPSA) is 113 Å². The monoisotopic (exact) mass is 512 g/mol. The third-order valence-electron chi connectivity index (χ3n) is 4.97. The Morgan fingerprint density at radius 2 is 1.71 bits per heavy atom. The maximum atomic E-state index is 13.3. The quantitative estimate of drug-likeness (QED) is 0.457. The number of carboxylic acids is 1. The summed E-state index contributed by atoms with van der Waals surface area (Å²) in [6.07, 6.45) is -2.91. The van der Waals surface area contributed by atoms with Gasteiger partial charge in [0.1, 0.15) is 23.9 Å². The van der Waals surface area contributed by atoms with E-state index < -0.39 is 45.8 Å². The minimum atomic E-state index is -4.61. The highest BCUT2D eigenvalue weighted by atomic mass is 32.2. The summed E-state index contributed by atoms with van der Waals surface area (Å²) in [7, 11) is -4.34. The second-order valence-corrected chi connectivity index (χ2v) is 9.61. The van der Waals surface area contributed by atoms with Crippen LogP contribution in [-0.4, -0.2) is 50.8 Å². The van der Waals surface area contributed by atoms with Gasteiger partial charge in [0.2, 0.25) is 10.0 Å². The summed E-state index contributed by atoms with van der Waals surface area (Å²) in [6, 6.07) is 4.92. The molecule has 0 radical (unpaired) electrons. The summed E-state index contributed by atoms with van der Waals surface area (Å²) in [5, 5.41) is 9.88. The number of carboxylic acid groups (broad SMARTS) is 1. The average molecular weight is 512 g/mol. The summed E-state index contributed by atoms with van der Waals surface area (Å²) < 4.78 is 78.9. The fraction of sp³-hybridized carbons (Fsp3) is 0.273. The third-order valence-corrected chi connectivity index (χ3v) is 7.07. The number of hydrogen-bond donors (Lipinski definition) is 1. The van der Waals surface area contributed by atoms with Crippen LogP contribution in [0.1, 0.15) is 25.2 Å². The van der Waals surface area contributed by atoms with Crippen LogP contribution in [0.3, 0.4) is 0 Å². The molecule has 0 saturated heterocycles. The molecule has 0 bridgehead atoms. The molecular formula is C22H20F4N4O4S. The number of carbonyl (C=O) groups is 1. The molecule has 8 nitrogen and oxygen atoms in total. The number of rotatable bonds is 8. The van der Waals surface area contributed by atoms with E-state index in [1.807, 2.05) is 0 Å². The maximum absolute atomic E-state index is 13.3. The Hall–Kier alpha value is -3.45. The molecule has 0 aliphatic heterocycles. The molecule has 0 amide bonds. The lowest BCUT2D eigenvalue weighted by atomic mass is 10.1. The van der Waals surface area contributed by atoms with Gasteiger partial charge in [-0.05, 0) is 56.3 Å². The zero-order valence-corrected chi connectivity index (χ0v) is 19.3. The number of alkyl halides is 3. The molecule has 1 N–H and O–H groups in total. The molecule has 2 heterocycles. The summed E-state index contributed by atoms with van der Waals surface area (Å²) in [4.78, 5) is 23.2. The van der Waals surface area contributed by atoms with E-state index in [1.165, 1.54) is 19.9 Å². The van der Waals surface area contributed by atoms with Gasteiger partial charge in [-0.3, -0.25) is 9.78 Å². The molecular weight excluding hydrogens is 492 g/mol. The molecule has 186 valence electrons. The fourth-order valence-corrected chi connectivity index (χ4v) is 5.18. The van der Waals surface area contributed by atoms with Crippen molar-refractivity contribution in [3.8, 4) is 11.3 Å². The van der Waals surface area contributed by atoms with E-state index in [9.17, 15) is 35.9 Å². The Morgan fingerprint density at radius 3 is 2.23 bits per heavy atom. The lowest BCUT2D eigenvalue weighted by Gasteiger charge is -2.31. The number of aromatic nitrogens is 3. The fourth-order valence-electron chi connectivity index (χ4n) is 3.40. The first-order chi connectivity index (χ1) is 16.3. The summed E-state index contributed by atoms with van der Waals surface area (Å²) in [6.45, 7) is 2.99. The maximum Gasteiger partial charge on any atom is 0.433 e. The van der Waals surface area contributed by atoms with Gasteiger partial charge in [0.25, 0.3) is 0 Å². The van der Waals surface area contributed by atoms with E-state index in [2.05, 4.69) is 15.0 Å². The second-order valence-electron chi connectivity index (χ2n) is 7.77. The van der Waals surface area contributed by atoms with Gasteiger partial charge < -0.3 is 5.11 Å². The van der Waals surface area contributed by atoms with Gasteiger partial charge in [0, 0.05) is 29.9 Å². The van der Waals surface area contributed by atoms with Gasteiger partial charge in [-0.15, -0.1) is 0 Å². The van der Waals surface area contributed by atoms with Crippen LogP contribution in [0.15, 0.2) is 59.9 Å². The van der Waals surface area contributed by atoms with E-state index in [-0.39, 0.29) is 28.3 Å². The van der Waals surface area contributed by atoms with Gasteiger partial charge >= 0.3 is 12.1 Å². The smallest absolute Gasteiger partial charge is 0.433 e. The highest BCUT2D eigenvalue weighted by Gasteiger charge is 2.38. The SMILES string of the molecule is CC(C)N(C(Cc1cc(-c2ccc(C(F)(F)F)nc2)ncn1)C(=O)O)S(=O)(=O)c1ccc(F)cc1. The minimum absolute atomic E-state index is 0.141. The van der Waals surface area contributed by atoms with Crippen molar-refractivity contribution in [1.29, 1.82) is 0 Å². The van der Waals surface area contributed by atoms with Gasteiger partial charge in [0.05, 0.1) is 10.6 Å². The molecule has 0 spiro atoms. The number of sulfonamides is 1. The predicted octanol–water partition coefficient (Wildman–Crippen LogP) is 3.79. The number of nitrogens with zero attached hydrogens (tertiary/aromatic N) is 4. The molecule has 3 aromatic rings. The molecule has 0 saturated carbocycles. The number of benzene rings is 1. The van der Waals surface area contributed by atoms with Crippen molar-refractivity contribution in [3.63, 3.8) is 0 Å². The largest absolute Gasteiger partial charge is 0.480 e. The van der Waals surface area contributed by atoms with Crippen molar-refractivity contribution in [1.82, 2.24) is 19.3 Å². The first-order valence-electron chi connectivity index (χ1n) is 10.2. The molecule has 0 aliphatic rings. The lowest BCUT2D eigenvalue weighted by molar-refractivity contribution is -0.142. The molecule has 0 fully saturated rings. The third kappa shape index (κ3) is 5.98. The van der Waals surface area contributed by atoms with Crippen LogP contribution in [0.5, 0.6) is 0 Å².